The first-order valence-electron chi connectivity index (χ1n) is 6.65. The molecule has 0 spiro atoms. The number of ether oxygens (including phenoxy) is 2. The summed E-state index contributed by atoms with van der Waals surface area (Å²) in [5, 5.41) is 0. The molecule has 0 bridgehead atoms. The molecule has 2 aromatic rings. The Hall–Kier alpha value is -2.55. The van der Waals surface area contributed by atoms with Crippen molar-refractivity contribution in [1.29, 1.82) is 0 Å². The van der Waals surface area contributed by atoms with E-state index < -0.39 is 0 Å². The molecule has 0 radical (unpaired) electrons. The number of carbonyl (C=O) groups excluding carboxylic acids is 1. The maximum absolute atomic E-state index is 12.1. The zero-order chi connectivity index (χ0) is 15.2. The van der Waals surface area contributed by atoms with Crippen molar-refractivity contribution in [2.75, 3.05) is 14.2 Å². The van der Waals surface area contributed by atoms with Crippen LogP contribution in [0.1, 0.15) is 16.7 Å². The van der Waals surface area contributed by atoms with E-state index in [0.717, 1.165) is 16.7 Å². The molecular weight excluding hydrogens is 264 g/mol. The molecule has 0 aliphatic heterocycles. The smallest absolute Gasteiger partial charge is 0.338 e. The van der Waals surface area contributed by atoms with Gasteiger partial charge in [0, 0.05) is 0 Å². The largest absolute Gasteiger partial charge is 0.497 e. The predicted octanol–water partition coefficient (Wildman–Crippen LogP) is 3.72. The minimum Gasteiger partial charge on any atom is -0.497 e. The van der Waals surface area contributed by atoms with Gasteiger partial charge in [-0.2, -0.15) is 0 Å². The lowest BCUT2D eigenvalue weighted by Crippen LogP contribution is -2.04. The molecule has 2 aromatic carbocycles. The van der Waals surface area contributed by atoms with E-state index in [4.69, 9.17) is 9.47 Å². The van der Waals surface area contributed by atoms with Gasteiger partial charge in [0.15, 0.2) is 0 Å². The maximum Gasteiger partial charge on any atom is 0.338 e. The molecule has 3 heteroatoms. The molecule has 0 N–H and O–H groups in total. The van der Waals surface area contributed by atoms with E-state index in [9.17, 15) is 4.79 Å². The first-order chi connectivity index (χ1) is 10.2. The number of benzene rings is 2. The molecule has 0 saturated heterocycles. The summed E-state index contributed by atoms with van der Waals surface area (Å²) in [6, 6.07) is 15.3. The number of esters is 1. The topological polar surface area (TPSA) is 35.5 Å². The molecule has 0 aliphatic rings. The molecule has 0 aromatic heterocycles. The second-order valence-electron chi connectivity index (χ2n) is 4.64. The summed E-state index contributed by atoms with van der Waals surface area (Å²) in [4.78, 5) is 12.1. The van der Waals surface area contributed by atoms with Crippen LogP contribution in [0.5, 0.6) is 5.75 Å². The van der Waals surface area contributed by atoms with Crippen molar-refractivity contribution in [2.45, 2.75) is 6.92 Å². The van der Waals surface area contributed by atoms with Crippen molar-refractivity contribution in [3.63, 3.8) is 0 Å². The van der Waals surface area contributed by atoms with E-state index in [1.807, 2.05) is 61.5 Å². The second-order valence-corrected chi connectivity index (χ2v) is 4.64. The van der Waals surface area contributed by atoms with E-state index in [-0.39, 0.29) is 5.97 Å². The van der Waals surface area contributed by atoms with Crippen molar-refractivity contribution in [3.8, 4) is 5.75 Å². The van der Waals surface area contributed by atoms with Gasteiger partial charge in [-0.05, 0) is 41.8 Å². The number of carbonyl (C=O) groups is 1. The highest BCUT2D eigenvalue weighted by Crippen LogP contribution is 2.24. The van der Waals surface area contributed by atoms with Crippen LogP contribution in [0.15, 0.2) is 48.5 Å². The lowest BCUT2D eigenvalue weighted by Gasteiger charge is -2.09. The average Bonchev–Trinajstić information content (AvgIpc) is 2.53. The highest BCUT2D eigenvalue weighted by atomic mass is 16.5. The zero-order valence-corrected chi connectivity index (χ0v) is 12.4. The van der Waals surface area contributed by atoms with Crippen LogP contribution in [0.25, 0.3) is 11.6 Å². The lowest BCUT2D eigenvalue weighted by molar-refractivity contribution is -0.133. The average molecular weight is 282 g/mol. The number of rotatable bonds is 4. The Morgan fingerprint density at radius 3 is 2.48 bits per heavy atom. The van der Waals surface area contributed by atoms with Crippen molar-refractivity contribution in [3.05, 3.63) is 65.2 Å². The normalized spacial score (nSPS) is 11.1. The first-order valence-corrected chi connectivity index (χ1v) is 6.65. The molecule has 0 heterocycles. The minimum absolute atomic E-state index is 0.369. The number of methoxy groups -OCH3 is 2. The quantitative estimate of drug-likeness (QED) is 0.487. The zero-order valence-electron chi connectivity index (χ0n) is 12.4. The van der Waals surface area contributed by atoms with Gasteiger partial charge in [-0.15, -0.1) is 0 Å². The van der Waals surface area contributed by atoms with Gasteiger partial charge in [-0.1, -0.05) is 36.4 Å². The molecular formula is C18H18O3. The van der Waals surface area contributed by atoms with Crippen LogP contribution in [-0.4, -0.2) is 20.2 Å². The molecule has 108 valence electrons. The second kappa shape index (κ2) is 6.75. The molecule has 2 rings (SSSR count). The van der Waals surface area contributed by atoms with Gasteiger partial charge in [0.1, 0.15) is 5.75 Å². The Morgan fingerprint density at radius 1 is 1.05 bits per heavy atom. The van der Waals surface area contributed by atoms with Gasteiger partial charge in [-0.25, -0.2) is 4.79 Å². The predicted molar refractivity (Wildman–Crippen MR) is 84.1 cm³/mol. The summed E-state index contributed by atoms with van der Waals surface area (Å²) in [5.41, 5.74) is 3.36. The van der Waals surface area contributed by atoms with Crippen LogP contribution in [0, 0.1) is 6.92 Å². The minimum atomic E-state index is -0.369. The van der Waals surface area contributed by atoms with Crippen molar-refractivity contribution >= 4 is 17.6 Å². The van der Waals surface area contributed by atoms with Crippen LogP contribution >= 0.6 is 0 Å². The Bertz CT molecular complexity index is 672. The van der Waals surface area contributed by atoms with Crippen molar-refractivity contribution < 1.29 is 14.3 Å². The molecule has 0 atom stereocenters. The molecule has 0 unspecified atom stereocenters. The van der Waals surface area contributed by atoms with Gasteiger partial charge in [0.05, 0.1) is 19.8 Å². The summed E-state index contributed by atoms with van der Waals surface area (Å²) in [6.45, 7) is 2.01. The van der Waals surface area contributed by atoms with Gasteiger partial charge >= 0.3 is 5.97 Å². The van der Waals surface area contributed by atoms with Crippen molar-refractivity contribution in [1.82, 2.24) is 0 Å². The maximum atomic E-state index is 12.1. The van der Waals surface area contributed by atoms with E-state index in [0.29, 0.717) is 11.3 Å². The lowest BCUT2D eigenvalue weighted by atomic mass is 10.0. The highest BCUT2D eigenvalue weighted by molar-refractivity contribution is 6.21. The Morgan fingerprint density at radius 2 is 1.81 bits per heavy atom. The molecule has 3 nitrogen and oxygen atoms in total. The van der Waals surface area contributed by atoms with Gasteiger partial charge in [0.25, 0.3) is 0 Å². The number of hydrogen-bond donors (Lipinski definition) is 0. The summed E-state index contributed by atoms with van der Waals surface area (Å²) in [6.07, 6.45) is 1.84. The fraction of sp³-hybridized carbons (Fsp3) is 0.167. The van der Waals surface area contributed by atoms with Gasteiger partial charge in [0.2, 0.25) is 0 Å². The molecule has 21 heavy (non-hydrogen) atoms. The molecule has 0 fully saturated rings. The van der Waals surface area contributed by atoms with Crippen LogP contribution in [-0.2, 0) is 9.53 Å². The van der Waals surface area contributed by atoms with Crippen LogP contribution in [0.4, 0.5) is 0 Å². The van der Waals surface area contributed by atoms with Crippen molar-refractivity contribution in [2.24, 2.45) is 0 Å². The first kappa shape index (κ1) is 14.9. The molecule has 0 aliphatic carbocycles. The summed E-state index contributed by atoms with van der Waals surface area (Å²) >= 11 is 0. The van der Waals surface area contributed by atoms with Crippen LogP contribution in [0.3, 0.4) is 0 Å². The summed E-state index contributed by atoms with van der Waals surface area (Å²) in [7, 11) is 2.98. The number of hydrogen-bond acceptors (Lipinski definition) is 3. The SMILES string of the molecule is COC(=O)/C(=C/c1ccccc1C)c1cccc(OC)c1. The fourth-order valence-electron chi connectivity index (χ4n) is 2.06. The Balaban J connectivity index is 2.53. The van der Waals surface area contributed by atoms with Crippen LogP contribution < -0.4 is 4.74 Å². The third-order valence-corrected chi connectivity index (χ3v) is 3.27. The third-order valence-electron chi connectivity index (χ3n) is 3.27. The Labute approximate surface area is 124 Å². The standard InChI is InChI=1S/C18H18O3/c1-13-7-4-5-8-14(13)12-17(18(19)21-3)15-9-6-10-16(11-15)20-2/h4-12H,1-3H3/b17-12+. The van der Waals surface area contributed by atoms with Gasteiger partial charge in [-0.3, -0.25) is 0 Å². The van der Waals surface area contributed by atoms with E-state index in [1.165, 1.54) is 7.11 Å². The summed E-state index contributed by atoms with van der Waals surface area (Å²) < 4.78 is 10.1. The molecule has 0 saturated carbocycles. The fourth-order valence-corrected chi connectivity index (χ4v) is 2.06. The highest BCUT2D eigenvalue weighted by Gasteiger charge is 2.13. The monoisotopic (exact) mass is 282 g/mol. The van der Waals surface area contributed by atoms with Gasteiger partial charge < -0.3 is 9.47 Å². The van der Waals surface area contributed by atoms with Crippen LogP contribution in [0.2, 0.25) is 0 Å². The third kappa shape index (κ3) is 3.51. The van der Waals surface area contributed by atoms with E-state index >= 15 is 0 Å². The Kier molecular flexibility index (Phi) is 4.77. The number of aryl methyl sites for hydroxylation is 1. The van der Waals surface area contributed by atoms with E-state index in [2.05, 4.69) is 0 Å². The van der Waals surface area contributed by atoms with E-state index in [1.54, 1.807) is 7.11 Å². The molecule has 0 amide bonds. The summed E-state index contributed by atoms with van der Waals surface area (Å²) in [5.74, 6) is 0.332.